The molecule has 156 valence electrons. The van der Waals surface area contributed by atoms with E-state index in [1.165, 1.54) is 17.2 Å². The lowest BCUT2D eigenvalue weighted by Crippen LogP contribution is -2.45. The summed E-state index contributed by atoms with van der Waals surface area (Å²) in [6.45, 7) is -0.720. The molecule has 1 aromatic carbocycles. The van der Waals surface area contributed by atoms with Crippen LogP contribution in [0, 0.1) is 0 Å². The Balaban J connectivity index is 1.63. The molecule has 1 saturated heterocycles. The Morgan fingerprint density at radius 1 is 1.31 bits per heavy atom. The molecular formula is C20H22ClF2N3O3. The van der Waals surface area contributed by atoms with Gasteiger partial charge in [0.1, 0.15) is 12.8 Å². The topological polar surface area (TPSA) is 85.7 Å². The van der Waals surface area contributed by atoms with E-state index in [9.17, 15) is 14.3 Å². The van der Waals surface area contributed by atoms with Gasteiger partial charge in [0.2, 0.25) is 0 Å². The number of benzene rings is 1. The number of halogens is 3. The molecule has 29 heavy (non-hydrogen) atoms. The largest absolute Gasteiger partial charge is 0.393 e. The number of carbonyl (C=O) groups is 1. The zero-order valence-electron chi connectivity index (χ0n) is 15.6. The van der Waals surface area contributed by atoms with E-state index in [1.54, 1.807) is 24.3 Å². The average molecular weight is 426 g/mol. The van der Waals surface area contributed by atoms with Crippen molar-refractivity contribution >= 4 is 23.3 Å². The van der Waals surface area contributed by atoms with Crippen LogP contribution in [-0.4, -0.2) is 45.8 Å². The van der Waals surface area contributed by atoms with E-state index in [4.69, 9.17) is 16.7 Å². The standard InChI is InChI=1S/C20H22ClF2N3O3/c21-16-9-14(17(28)12-27)11-24-18(16)20(23)5-7-26(8-6-20)19(29)25-15-3-1-13(10-22)2-4-15/h1-4,9,11,17,27-28H,5-8,10,12H2,(H,25,29)/t17-/m1/s1. The number of urea groups is 1. The number of nitrogens with zero attached hydrogens (tertiary/aromatic N) is 2. The Labute approximate surface area is 172 Å². The Bertz CT molecular complexity index is 859. The minimum atomic E-state index is -1.79. The van der Waals surface area contributed by atoms with Crippen molar-refractivity contribution in [3.63, 3.8) is 0 Å². The van der Waals surface area contributed by atoms with Crippen molar-refractivity contribution in [2.45, 2.75) is 31.3 Å². The number of hydrogen-bond acceptors (Lipinski definition) is 4. The van der Waals surface area contributed by atoms with Gasteiger partial charge in [-0.2, -0.15) is 0 Å². The van der Waals surface area contributed by atoms with Crippen molar-refractivity contribution in [2.75, 3.05) is 25.0 Å². The molecular weight excluding hydrogens is 404 g/mol. The normalized spacial score (nSPS) is 17.1. The van der Waals surface area contributed by atoms with Crippen molar-refractivity contribution < 1.29 is 23.8 Å². The summed E-state index contributed by atoms with van der Waals surface area (Å²) < 4.78 is 28.0. The molecule has 3 N–H and O–H groups in total. The predicted octanol–water partition coefficient (Wildman–Crippen LogP) is 3.72. The minimum absolute atomic E-state index is 0.0236. The number of aliphatic hydroxyl groups is 2. The number of piperidine rings is 1. The third kappa shape index (κ3) is 4.83. The van der Waals surface area contributed by atoms with Crippen LogP contribution in [-0.2, 0) is 12.3 Å². The molecule has 6 nitrogen and oxygen atoms in total. The summed E-state index contributed by atoms with van der Waals surface area (Å²) in [5, 5.41) is 21.4. The maximum atomic E-state index is 15.5. The second-order valence-corrected chi connectivity index (χ2v) is 7.42. The first kappa shape index (κ1) is 21.4. The number of aromatic nitrogens is 1. The number of anilines is 1. The zero-order valence-corrected chi connectivity index (χ0v) is 16.4. The van der Waals surface area contributed by atoms with Crippen LogP contribution in [0.4, 0.5) is 19.3 Å². The Kier molecular flexibility index (Phi) is 6.66. The Hall–Kier alpha value is -2.29. The SMILES string of the molecule is O=C(Nc1ccc(CF)cc1)N1CCC(F)(c2ncc([C@H](O)CO)cc2Cl)CC1. The lowest BCUT2D eigenvalue weighted by molar-refractivity contribution is 0.0679. The van der Waals surface area contributed by atoms with Crippen LogP contribution in [0.5, 0.6) is 0 Å². The van der Waals surface area contributed by atoms with Gasteiger partial charge in [-0.3, -0.25) is 4.98 Å². The van der Waals surface area contributed by atoms with Gasteiger partial charge in [-0.15, -0.1) is 0 Å². The molecule has 1 aliphatic rings. The summed E-state index contributed by atoms with van der Waals surface area (Å²) in [5.74, 6) is 0. The number of amides is 2. The third-order valence-corrected chi connectivity index (χ3v) is 5.34. The first-order valence-corrected chi connectivity index (χ1v) is 9.58. The minimum Gasteiger partial charge on any atom is -0.393 e. The van der Waals surface area contributed by atoms with Gasteiger partial charge in [-0.1, -0.05) is 23.7 Å². The van der Waals surface area contributed by atoms with Crippen molar-refractivity contribution in [1.29, 1.82) is 0 Å². The Morgan fingerprint density at radius 2 is 1.97 bits per heavy atom. The molecule has 2 amide bonds. The lowest BCUT2D eigenvalue weighted by Gasteiger charge is -2.36. The fraction of sp³-hybridized carbons (Fsp3) is 0.400. The van der Waals surface area contributed by atoms with E-state index in [0.717, 1.165) is 0 Å². The van der Waals surface area contributed by atoms with Gasteiger partial charge in [0.05, 0.1) is 17.3 Å². The molecule has 2 heterocycles. The van der Waals surface area contributed by atoms with Crippen molar-refractivity contribution in [2.24, 2.45) is 0 Å². The number of hydrogen-bond donors (Lipinski definition) is 3. The highest BCUT2D eigenvalue weighted by molar-refractivity contribution is 6.31. The molecule has 1 fully saturated rings. The molecule has 0 aliphatic carbocycles. The second kappa shape index (κ2) is 9.02. The maximum absolute atomic E-state index is 15.5. The van der Waals surface area contributed by atoms with Gasteiger partial charge in [0.15, 0.2) is 5.67 Å². The highest BCUT2D eigenvalue weighted by Crippen LogP contribution is 2.40. The van der Waals surface area contributed by atoms with Gasteiger partial charge in [0, 0.05) is 43.4 Å². The molecule has 3 rings (SSSR count). The van der Waals surface area contributed by atoms with Crippen LogP contribution in [0.25, 0.3) is 0 Å². The van der Waals surface area contributed by atoms with E-state index in [0.29, 0.717) is 16.8 Å². The predicted molar refractivity (Wildman–Crippen MR) is 105 cm³/mol. The van der Waals surface area contributed by atoms with Crippen LogP contribution in [0.1, 0.15) is 35.8 Å². The molecule has 1 aromatic heterocycles. The molecule has 0 spiro atoms. The van der Waals surface area contributed by atoms with E-state index in [-0.39, 0.29) is 42.7 Å². The van der Waals surface area contributed by atoms with Gasteiger partial charge in [-0.05, 0) is 23.8 Å². The summed E-state index contributed by atoms with van der Waals surface area (Å²) in [6.07, 6.45) is 0.212. The number of carbonyl (C=O) groups excluding carboxylic acids is 1. The monoisotopic (exact) mass is 425 g/mol. The van der Waals surface area contributed by atoms with E-state index in [1.807, 2.05) is 0 Å². The van der Waals surface area contributed by atoms with Crippen molar-refractivity contribution in [3.8, 4) is 0 Å². The summed E-state index contributed by atoms with van der Waals surface area (Å²) in [4.78, 5) is 18.0. The quantitative estimate of drug-likeness (QED) is 0.681. The number of rotatable bonds is 5. The van der Waals surface area contributed by atoms with Crippen LogP contribution in [0.15, 0.2) is 36.5 Å². The molecule has 2 aromatic rings. The van der Waals surface area contributed by atoms with Crippen LogP contribution >= 0.6 is 11.6 Å². The second-order valence-electron chi connectivity index (χ2n) is 7.01. The number of pyridine rings is 1. The molecule has 9 heteroatoms. The summed E-state index contributed by atoms with van der Waals surface area (Å²) >= 11 is 6.17. The number of alkyl halides is 2. The van der Waals surface area contributed by atoms with Gasteiger partial charge >= 0.3 is 6.03 Å². The molecule has 0 radical (unpaired) electrons. The van der Waals surface area contributed by atoms with Gasteiger partial charge in [-0.25, -0.2) is 13.6 Å². The highest BCUT2D eigenvalue weighted by atomic mass is 35.5. The highest BCUT2D eigenvalue weighted by Gasteiger charge is 2.40. The van der Waals surface area contributed by atoms with Gasteiger partial charge in [0.25, 0.3) is 0 Å². The summed E-state index contributed by atoms with van der Waals surface area (Å²) in [7, 11) is 0. The van der Waals surface area contributed by atoms with Gasteiger partial charge < -0.3 is 20.4 Å². The fourth-order valence-electron chi connectivity index (χ4n) is 3.25. The number of aliphatic hydroxyl groups excluding tert-OH is 2. The average Bonchev–Trinajstić information content (AvgIpc) is 2.73. The van der Waals surface area contributed by atoms with Crippen LogP contribution < -0.4 is 5.32 Å². The molecule has 0 saturated carbocycles. The summed E-state index contributed by atoms with van der Waals surface area (Å²) in [5.41, 5.74) is -0.369. The smallest absolute Gasteiger partial charge is 0.321 e. The third-order valence-electron chi connectivity index (χ3n) is 5.05. The van der Waals surface area contributed by atoms with Crippen LogP contribution in [0.3, 0.4) is 0 Å². The van der Waals surface area contributed by atoms with E-state index < -0.39 is 25.1 Å². The first-order chi connectivity index (χ1) is 13.9. The van der Waals surface area contributed by atoms with Crippen molar-refractivity contribution in [1.82, 2.24) is 9.88 Å². The zero-order chi connectivity index (χ0) is 21.0. The lowest BCUT2D eigenvalue weighted by atomic mass is 9.89. The van der Waals surface area contributed by atoms with E-state index in [2.05, 4.69) is 10.3 Å². The molecule has 1 aliphatic heterocycles. The first-order valence-electron chi connectivity index (χ1n) is 9.21. The molecule has 0 bridgehead atoms. The van der Waals surface area contributed by atoms with Crippen molar-refractivity contribution in [3.05, 3.63) is 58.4 Å². The summed E-state index contributed by atoms with van der Waals surface area (Å²) in [6, 6.07) is 7.43. The molecule has 0 unspecified atom stereocenters. The van der Waals surface area contributed by atoms with E-state index >= 15 is 4.39 Å². The number of nitrogens with one attached hydrogen (secondary N) is 1. The van der Waals surface area contributed by atoms with Crippen LogP contribution in [0.2, 0.25) is 5.02 Å². The fourth-order valence-corrected chi connectivity index (χ4v) is 3.59. The maximum Gasteiger partial charge on any atom is 0.321 e. The molecule has 1 atom stereocenters. The number of likely N-dealkylation sites (tertiary alicyclic amines) is 1. The Morgan fingerprint density at radius 3 is 2.52 bits per heavy atom.